The Balaban J connectivity index is 2.31. The first-order valence-corrected chi connectivity index (χ1v) is 7.20. The van der Waals surface area contributed by atoms with Crippen LogP contribution in [0.2, 0.25) is 0 Å². The summed E-state index contributed by atoms with van der Waals surface area (Å²) in [6.07, 6.45) is 0.831. The van der Waals surface area contributed by atoms with Gasteiger partial charge in [-0.1, -0.05) is 29.8 Å². The van der Waals surface area contributed by atoms with Crippen LogP contribution in [0, 0.1) is 5.92 Å². The Kier molecular flexibility index (Phi) is 3.85. The largest absolute Gasteiger partial charge is 0.312 e. The van der Waals surface area contributed by atoms with E-state index < -0.39 is 0 Å². The number of nitrogens with zero attached hydrogens (tertiary/aromatic N) is 1. The number of ketones is 1. The molecule has 3 nitrogen and oxygen atoms in total. The Bertz CT molecular complexity index is 497. The van der Waals surface area contributed by atoms with Crippen molar-refractivity contribution in [3.63, 3.8) is 0 Å². The van der Waals surface area contributed by atoms with Crippen molar-refractivity contribution in [2.75, 3.05) is 16.8 Å². The molecule has 1 aliphatic heterocycles. The molecule has 18 heavy (non-hydrogen) atoms. The van der Waals surface area contributed by atoms with Gasteiger partial charge in [0.1, 0.15) is 0 Å². The summed E-state index contributed by atoms with van der Waals surface area (Å²) in [6, 6.07) is 5.60. The SMILES string of the molecule is CC(C)C(=O)N1CCc2cc(C(=O)CBr)ccc21. The highest BCUT2D eigenvalue weighted by Crippen LogP contribution is 2.30. The van der Waals surface area contributed by atoms with Crippen molar-refractivity contribution >= 4 is 33.3 Å². The average Bonchev–Trinajstić information content (AvgIpc) is 2.79. The highest BCUT2D eigenvalue weighted by molar-refractivity contribution is 9.09. The summed E-state index contributed by atoms with van der Waals surface area (Å²) in [5, 5.41) is 0.334. The minimum absolute atomic E-state index is 0.000185. The van der Waals surface area contributed by atoms with Crippen LogP contribution in [-0.4, -0.2) is 23.6 Å². The van der Waals surface area contributed by atoms with Gasteiger partial charge in [-0.3, -0.25) is 9.59 Å². The van der Waals surface area contributed by atoms with E-state index in [1.54, 1.807) is 6.07 Å². The van der Waals surface area contributed by atoms with Crippen LogP contribution in [0.15, 0.2) is 18.2 Å². The molecule has 0 aliphatic carbocycles. The molecule has 2 rings (SSSR count). The number of hydrogen-bond acceptors (Lipinski definition) is 2. The first kappa shape index (κ1) is 13.3. The molecule has 0 saturated carbocycles. The predicted molar refractivity (Wildman–Crippen MR) is 75.5 cm³/mol. The summed E-state index contributed by atoms with van der Waals surface area (Å²) in [4.78, 5) is 25.5. The molecular weight excluding hydrogens is 294 g/mol. The molecule has 0 radical (unpaired) electrons. The minimum atomic E-state index is -0.000185. The molecule has 1 amide bonds. The number of amides is 1. The number of rotatable bonds is 3. The minimum Gasteiger partial charge on any atom is -0.312 e. The van der Waals surface area contributed by atoms with Gasteiger partial charge < -0.3 is 4.90 Å². The second-order valence-electron chi connectivity index (χ2n) is 4.79. The molecule has 0 aromatic heterocycles. The first-order valence-electron chi connectivity index (χ1n) is 6.08. The summed E-state index contributed by atoms with van der Waals surface area (Å²) >= 11 is 3.17. The van der Waals surface area contributed by atoms with Crippen LogP contribution >= 0.6 is 15.9 Å². The van der Waals surface area contributed by atoms with Crippen LogP contribution in [0.4, 0.5) is 5.69 Å². The number of anilines is 1. The molecule has 0 fully saturated rings. The number of halogens is 1. The van der Waals surface area contributed by atoms with Crippen LogP contribution in [0.25, 0.3) is 0 Å². The van der Waals surface area contributed by atoms with Gasteiger partial charge in [0, 0.05) is 23.7 Å². The molecule has 96 valence electrons. The Morgan fingerprint density at radius 2 is 2.11 bits per heavy atom. The molecule has 0 saturated heterocycles. The Hall–Kier alpha value is -1.16. The van der Waals surface area contributed by atoms with Gasteiger partial charge in [-0.2, -0.15) is 0 Å². The van der Waals surface area contributed by atoms with E-state index in [2.05, 4.69) is 15.9 Å². The van der Waals surface area contributed by atoms with Gasteiger partial charge in [0.25, 0.3) is 0 Å². The summed E-state index contributed by atoms with van der Waals surface area (Å²) in [7, 11) is 0. The Morgan fingerprint density at radius 1 is 1.39 bits per heavy atom. The van der Waals surface area contributed by atoms with E-state index >= 15 is 0 Å². The van der Waals surface area contributed by atoms with E-state index in [9.17, 15) is 9.59 Å². The number of alkyl halides is 1. The van der Waals surface area contributed by atoms with Crippen LogP contribution < -0.4 is 4.90 Å². The number of benzene rings is 1. The summed E-state index contributed by atoms with van der Waals surface area (Å²) < 4.78 is 0. The third kappa shape index (κ3) is 2.34. The number of Topliss-reactive ketones (excluding diaryl/α,β-unsaturated/α-hetero) is 1. The van der Waals surface area contributed by atoms with E-state index in [4.69, 9.17) is 0 Å². The van der Waals surface area contributed by atoms with E-state index in [-0.39, 0.29) is 17.6 Å². The van der Waals surface area contributed by atoms with Crippen molar-refractivity contribution in [3.8, 4) is 0 Å². The van der Waals surface area contributed by atoms with E-state index in [0.29, 0.717) is 10.9 Å². The number of fused-ring (bicyclic) bond motifs is 1. The van der Waals surface area contributed by atoms with Crippen molar-refractivity contribution in [1.29, 1.82) is 0 Å². The van der Waals surface area contributed by atoms with Crippen molar-refractivity contribution in [1.82, 2.24) is 0 Å². The quantitative estimate of drug-likeness (QED) is 0.636. The predicted octanol–water partition coefficient (Wildman–Crippen LogP) is 2.81. The number of carbonyl (C=O) groups is 2. The molecule has 1 aliphatic rings. The van der Waals surface area contributed by atoms with Gasteiger partial charge in [-0.05, 0) is 30.2 Å². The molecule has 1 heterocycles. The molecule has 0 bridgehead atoms. The molecule has 0 N–H and O–H groups in total. The third-order valence-corrected chi connectivity index (χ3v) is 3.69. The smallest absolute Gasteiger partial charge is 0.229 e. The maximum Gasteiger partial charge on any atom is 0.229 e. The number of carbonyl (C=O) groups excluding carboxylic acids is 2. The Morgan fingerprint density at radius 3 is 2.72 bits per heavy atom. The molecule has 0 atom stereocenters. The van der Waals surface area contributed by atoms with E-state index in [1.807, 2.05) is 30.9 Å². The molecular formula is C14H16BrNO2. The summed E-state index contributed by atoms with van der Waals surface area (Å²) in [6.45, 7) is 4.53. The van der Waals surface area contributed by atoms with E-state index in [0.717, 1.165) is 24.2 Å². The maximum atomic E-state index is 12.0. The molecule has 1 aromatic rings. The first-order chi connectivity index (χ1) is 8.54. The molecule has 4 heteroatoms. The van der Waals surface area contributed by atoms with Gasteiger partial charge in [0.2, 0.25) is 5.91 Å². The van der Waals surface area contributed by atoms with Crippen molar-refractivity contribution in [2.45, 2.75) is 20.3 Å². The molecule has 1 aromatic carbocycles. The van der Waals surface area contributed by atoms with Gasteiger partial charge in [-0.15, -0.1) is 0 Å². The number of hydrogen-bond donors (Lipinski definition) is 0. The second-order valence-corrected chi connectivity index (χ2v) is 5.36. The highest BCUT2D eigenvalue weighted by atomic mass is 79.9. The zero-order valence-electron chi connectivity index (χ0n) is 10.6. The lowest BCUT2D eigenvalue weighted by Crippen LogP contribution is -2.32. The average molecular weight is 310 g/mol. The molecule has 0 unspecified atom stereocenters. The van der Waals surface area contributed by atoms with Crippen molar-refractivity contribution in [3.05, 3.63) is 29.3 Å². The monoisotopic (exact) mass is 309 g/mol. The topological polar surface area (TPSA) is 37.4 Å². The fourth-order valence-electron chi connectivity index (χ4n) is 2.19. The summed E-state index contributed by atoms with van der Waals surface area (Å²) in [5.74, 6) is 0.222. The zero-order valence-corrected chi connectivity index (χ0v) is 12.2. The fourth-order valence-corrected chi connectivity index (χ4v) is 2.52. The van der Waals surface area contributed by atoms with Gasteiger partial charge >= 0.3 is 0 Å². The van der Waals surface area contributed by atoms with Crippen LogP contribution in [0.1, 0.15) is 29.8 Å². The van der Waals surface area contributed by atoms with E-state index in [1.165, 1.54) is 0 Å². The normalized spacial score (nSPS) is 13.9. The van der Waals surface area contributed by atoms with Crippen molar-refractivity contribution < 1.29 is 9.59 Å². The van der Waals surface area contributed by atoms with Gasteiger partial charge in [-0.25, -0.2) is 0 Å². The Labute approximate surface area is 115 Å². The lowest BCUT2D eigenvalue weighted by molar-refractivity contribution is -0.121. The van der Waals surface area contributed by atoms with Gasteiger partial charge in [0.05, 0.1) is 5.33 Å². The van der Waals surface area contributed by atoms with Crippen molar-refractivity contribution in [2.24, 2.45) is 5.92 Å². The lowest BCUT2D eigenvalue weighted by atomic mass is 10.1. The maximum absolute atomic E-state index is 12.0. The lowest BCUT2D eigenvalue weighted by Gasteiger charge is -2.19. The van der Waals surface area contributed by atoms with Crippen LogP contribution in [0.5, 0.6) is 0 Å². The zero-order chi connectivity index (χ0) is 13.3. The standard InChI is InChI=1S/C14H16BrNO2/c1-9(2)14(18)16-6-5-10-7-11(13(17)8-15)3-4-12(10)16/h3-4,7,9H,5-6,8H2,1-2H3. The fraction of sp³-hybridized carbons (Fsp3) is 0.429. The molecule has 0 spiro atoms. The van der Waals surface area contributed by atoms with Crippen LogP contribution in [0.3, 0.4) is 0 Å². The second kappa shape index (κ2) is 5.22. The third-order valence-electron chi connectivity index (χ3n) is 3.18. The highest BCUT2D eigenvalue weighted by Gasteiger charge is 2.26. The summed E-state index contributed by atoms with van der Waals surface area (Å²) in [5.41, 5.74) is 2.76. The van der Waals surface area contributed by atoms with Crippen LogP contribution in [-0.2, 0) is 11.2 Å². The van der Waals surface area contributed by atoms with Gasteiger partial charge in [0.15, 0.2) is 5.78 Å².